The molecule has 0 spiro atoms. The van der Waals surface area contributed by atoms with E-state index in [1.54, 1.807) is 6.08 Å². The molecule has 0 aromatic heterocycles. The number of aliphatic imine (C=N–C) groups is 1. The van der Waals surface area contributed by atoms with Gasteiger partial charge in [-0.05, 0) is 36.5 Å². The first-order chi connectivity index (χ1) is 7.50. The van der Waals surface area contributed by atoms with Crippen molar-refractivity contribution >= 4 is 12.2 Å². The van der Waals surface area contributed by atoms with Crippen molar-refractivity contribution in [3.8, 4) is 0 Å². The monoisotopic (exact) mass is 224 g/mol. The Bertz CT molecular complexity index is 287. The minimum Gasteiger partial charge on any atom is -0.222 e. The normalized spacial score (nSPS) is 25.9. The van der Waals surface area contributed by atoms with Crippen LogP contribution < -0.4 is 0 Å². The van der Waals surface area contributed by atoms with Gasteiger partial charge in [-0.2, -0.15) is 0 Å². The number of nitrogens with one attached hydrogen (secondary N) is 1. The van der Waals surface area contributed by atoms with E-state index in [2.05, 4.69) is 25.8 Å². The third-order valence-corrected chi connectivity index (χ3v) is 3.92. The maximum absolute atomic E-state index is 9.91. The van der Waals surface area contributed by atoms with E-state index >= 15 is 0 Å². The highest BCUT2D eigenvalue weighted by atomic mass is 16.1. The van der Waals surface area contributed by atoms with Gasteiger partial charge in [0.1, 0.15) is 0 Å². The fourth-order valence-corrected chi connectivity index (χ4v) is 2.38. The first kappa shape index (κ1) is 14.8. The second-order valence-electron chi connectivity index (χ2n) is 4.86. The molecule has 0 aromatic carbocycles. The third-order valence-electron chi connectivity index (χ3n) is 3.92. The van der Waals surface area contributed by atoms with Gasteiger partial charge in [0.2, 0.25) is 12.2 Å². The van der Waals surface area contributed by atoms with E-state index in [1.165, 1.54) is 12.8 Å². The standard InChI is InChI=1S/C11H19NO.CHNO/c1-9-4-5-10(11(9,2)3)6-7-12-8-13;2-1-3/h9-10H,4-7H2,1-3H3;2H. The van der Waals surface area contributed by atoms with Crippen LogP contribution in [0.25, 0.3) is 0 Å². The lowest BCUT2D eigenvalue weighted by Crippen LogP contribution is -2.23. The molecule has 0 heterocycles. The first-order valence-electron chi connectivity index (χ1n) is 5.58. The molecule has 1 aliphatic carbocycles. The van der Waals surface area contributed by atoms with E-state index in [-0.39, 0.29) is 0 Å². The van der Waals surface area contributed by atoms with Crippen LogP contribution in [0, 0.1) is 22.7 Å². The van der Waals surface area contributed by atoms with Crippen LogP contribution in [0.1, 0.15) is 40.0 Å². The maximum Gasteiger partial charge on any atom is 0.234 e. The zero-order valence-corrected chi connectivity index (χ0v) is 10.2. The largest absolute Gasteiger partial charge is 0.234 e. The Morgan fingerprint density at radius 2 is 1.94 bits per heavy atom. The molecule has 1 fully saturated rings. The average molecular weight is 224 g/mol. The maximum atomic E-state index is 9.91. The molecule has 0 aliphatic heterocycles. The van der Waals surface area contributed by atoms with Crippen LogP contribution in [-0.4, -0.2) is 18.7 Å². The van der Waals surface area contributed by atoms with Gasteiger partial charge in [-0.1, -0.05) is 20.8 Å². The van der Waals surface area contributed by atoms with Gasteiger partial charge in [-0.15, -0.1) is 0 Å². The molecule has 1 rings (SSSR count). The molecule has 2 atom stereocenters. The van der Waals surface area contributed by atoms with Crippen molar-refractivity contribution in [1.29, 1.82) is 5.41 Å². The minimum atomic E-state index is 0.429. The lowest BCUT2D eigenvalue weighted by molar-refractivity contribution is 0.191. The van der Waals surface area contributed by atoms with Crippen LogP contribution in [-0.2, 0) is 9.59 Å². The Morgan fingerprint density at radius 1 is 1.38 bits per heavy atom. The summed E-state index contributed by atoms with van der Waals surface area (Å²) in [7, 11) is 0. The van der Waals surface area contributed by atoms with Gasteiger partial charge in [-0.25, -0.2) is 20.0 Å². The highest BCUT2D eigenvalue weighted by Crippen LogP contribution is 2.48. The molecule has 0 radical (unpaired) electrons. The van der Waals surface area contributed by atoms with Crippen molar-refractivity contribution in [3.05, 3.63) is 0 Å². The van der Waals surface area contributed by atoms with Crippen molar-refractivity contribution in [3.63, 3.8) is 0 Å². The van der Waals surface area contributed by atoms with Crippen LogP contribution in [0.15, 0.2) is 4.99 Å². The molecule has 4 nitrogen and oxygen atoms in total. The molecular weight excluding hydrogens is 204 g/mol. The number of isocyanates is 2. The van der Waals surface area contributed by atoms with Crippen molar-refractivity contribution in [2.24, 2.45) is 22.2 Å². The molecule has 0 saturated heterocycles. The number of nitrogens with zero attached hydrogens (tertiary/aromatic N) is 1. The molecule has 4 heteroatoms. The molecule has 0 bridgehead atoms. The van der Waals surface area contributed by atoms with Gasteiger partial charge in [0.15, 0.2) is 0 Å². The predicted molar refractivity (Wildman–Crippen MR) is 61.7 cm³/mol. The summed E-state index contributed by atoms with van der Waals surface area (Å²) in [4.78, 5) is 21.9. The van der Waals surface area contributed by atoms with Gasteiger partial charge < -0.3 is 0 Å². The summed E-state index contributed by atoms with van der Waals surface area (Å²) in [5.74, 6) is 1.54. The summed E-state index contributed by atoms with van der Waals surface area (Å²) in [6.45, 7) is 7.65. The quantitative estimate of drug-likeness (QED) is 0.591. The lowest BCUT2D eigenvalue weighted by Gasteiger charge is -2.30. The van der Waals surface area contributed by atoms with Gasteiger partial charge in [0.05, 0.1) is 6.54 Å². The Morgan fingerprint density at radius 3 is 2.31 bits per heavy atom. The topological polar surface area (TPSA) is 70.3 Å². The second kappa shape index (κ2) is 7.10. The smallest absolute Gasteiger partial charge is 0.222 e. The zero-order valence-electron chi connectivity index (χ0n) is 10.2. The highest BCUT2D eigenvalue weighted by molar-refractivity contribution is 5.32. The lowest BCUT2D eigenvalue weighted by atomic mass is 9.75. The highest BCUT2D eigenvalue weighted by Gasteiger charge is 2.39. The number of hydrogen-bond donors (Lipinski definition) is 1. The fraction of sp³-hybridized carbons (Fsp3) is 0.833. The van der Waals surface area contributed by atoms with Gasteiger partial charge in [0, 0.05) is 0 Å². The average Bonchev–Trinajstić information content (AvgIpc) is 2.46. The Kier molecular flexibility index (Phi) is 6.55. The van der Waals surface area contributed by atoms with Crippen molar-refractivity contribution in [2.45, 2.75) is 40.0 Å². The molecular formula is C12H20N2O2. The van der Waals surface area contributed by atoms with Crippen molar-refractivity contribution in [2.75, 3.05) is 6.54 Å². The summed E-state index contributed by atoms with van der Waals surface area (Å²) in [6, 6.07) is 0. The molecule has 90 valence electrons. The van der Waals surface area contributed by atoms with Crippen LogP contribution >= 0.6 is 0 Å². The Balaban J connectivity index is 0.000000673. The van der Waals surface area contributed by atoms with E-state index in [0.717, 1.165) is 24.3 Å². The second-order valence-corrected chi connectivity index (χ2v) is 4.86. The van der Waals surface area contributed by atoms with Gasteiger partial charge in [0.25, 0.3) is 0 Å². The zero-order chi connectivity index (χ0) is 12.6. The molecule has 0 amide bonds. The molecule has 1 aliphatic rings. The van der Waals surface area contributed by atoms with E-state index in [9.17, 15) is 4.79 Å². The fourth-order valence-electron chi connectivity index (χ4n) is 2.38. The first-order valence-corrected chi connectivity index (χ1v) is 5.58. The van der Waals surface area contributed by atoms with E-state index < -0.39 is 0 Å². The van der Waals surface area contributed by atoms with E-state index in [1.807, 2.05) is 0 Å². The molecule has 0 aromatic rings. The molecule has 2 unspecified atom stereocenters. The van der Waals surface area contributed by atoms with Crippen molar-refractivity contribution < 1.29 is 9.59 Å². The summed E-state index contributed by atoms with van der Waals surface area (Å²) in [5, 5.41) is 5.40. The number of hydrogen-bond acceptors (Lipinski definition) is 4. The molecule has 16 heavy (non-hydrogen) atoms. The van der Waals surface area contributed by atoms with Crippen LogP contribution in [0.3, 0.4) is 0 Å². The third kappa shape index (κ3) is 4.09. The molecule has 1 saturated carbocycles. The minimum absolute atomic E-state index is 0.429. The number of rotatable bonds is 3. The Labute approximate surface area is 96.7 Å². The molecule has 1 N–H and O–H groups in total. The summed E-state index contributed by atoms with van der Waals surface area (Å²) >= 11 is 0. The van der Waals surface area contributed by atoms with Gasteiger partial charge >= 0.3 is 0 Å². The van der Waals surface area contributed by atoms with Crippen LogP contribution in [0.2, 0.25) is 0 Å². The van der Waals surface area contributed by atoms with Gasteiger partial charge in [-0.3, -0.25) is 0 Å². The number of carbonyl (C=O) groups excluding carboxylic acids is 2. The summed E-state index contributed by atoms with van der Waals surface area (Å²) in [5.41, 5.74) is 0.429. The van der Waals surface area contributed by atoms with Crippen LogP contribution in [0.4, 0.5) is 0 Å². The Hall–Kier alpha value is -1.24. The SMILES string of the molecule is CC1CCC(CCN=C=O)C1(C)C.N=C=O. The van der Waals surface area contributed by atoms with Crippen LogP contribution in [0.5, 0.6) is 0 Å². The van der Waals surface area contributed by atoms with Crippen molar-refractivity contribution in [1.82, 2.24) is 0 Å². The van der Waals surface area contributed by atoms with E-state index in [0.29, 0.717) is 12.0 Å². The predicted octanol–water partition coefficient (Wildman–Crippen LogP) is 2.69. The summed E-state index contributed by atoms with van der Waals surface area (Å²) < 4.78 is 0. The van der Waals surface area contributed by atoms with E-state index in [4.69, 9.17) is 10.2 Å². The summed E-state index contributed by atoms with van der Waals surface area (Å²) in [6.07, 6.45) is 6.02.